The molecule has 0 N–H and O–H groups in total. The van der Waals surface area contributed by atoms with Crippen LogP contribution in [0.5, 0.6) is 0 Å². The van der Waals surface area contributed by atoms with Crippen molar-refractivity contribution >= 4 is 16.7 Å². The molecule has 0 saturated carbocycles. The highest BCUT2D eigenvalue weighted by atomic mass is 32.2. The van der Waals surface area contributed by atoms with Gasteiger partial charge >= 0.3 is 0 Å². The minimum absolute atomic E-state index is 0.124. The topological polar surface area (TPSA) is 46.6 Å². The van der Waals surface area contributed by atoms with Crippen LogP contribution in [0.3, 0.4) is 0 Å². The van der Waals surface area contributed by atoms with E-state index < -0.39 is 10.8 Å². The first kappa shape index (κ1) is 15.7. The third-order valence-corrected chi connectivity index (χ3v) is 6.13. The fourth-order valence-electron chi connectivity index (χ4n) is 3.32. The van der Waals surface area contributed by atoms with Crippen molar-refractivity contribution in [3.63, 3.8) is 0 Å². The number of hydrogen-bond acceptors (Lipinski definition) is 3. The molecule has 0 radical (unpaired) electrons. The molecule has 1 amide bonds. The summed E-state index contributed by atoms with van der Waals surface area (Å²) in [7, 11) is 1.18. The third kappa shape index (κ3) is 3.41. The third-order valence-electron chi connectivity index (χ3n) is 4.75. The Morgan fingerprint density at radius 3 is 2.82 bits per heavy atom. The Labute approximate surface area is 134 Å². The highest BCUT2D eigenvalue weighted by Crippen LogP contribution is 2.30. The zero-order valence-electron chi connectivity index (χ0n) is 13.0. The molecule has 2 aliphatic rings. The molecule has 2 aliphatic heterocycles. The maximum Gasteiger partial charge on any atom is 0.225 e. The second-order valence-corrected chi connectivity index (χ2v) is 7.79. The van der Waals surface area contributed by atoms with E-state index >= 15 is 0 Å². The lowest BCUT2D eigenvalue weighted by Gasteiger charge is -2.33. The highest BCUT2D eigenvalue weighted by molar-refractivity contribution is 7.85. The first-order valence-corrected chi connectivity index (χ1v) is 9.44. The fraction of sp³-hybridized carbons (Fsp3) is 0.588. The summed E-state index contributed by atoms with van der Waals surface area (Å²) < 4.78 is 17.3. The van der Waals surface area contributed by atoms with Crippen LogP contribution in [0, 0.1) is 0 Å². The van der Waals surface area contributed by atoms with Gasteiger partial charge < -0.3 is 9.64 Å². The number of carbonyl (C=O) groups is 1. The molecule has 4 nitrogen and oxygen atoms in total. The molecule has 3 rings (SSSR count). The van der Waals surface area contributed by atoms with E-state index in [0.717, 1.165) is 24.8 Å². The molecular formula is C17H23NO3S. The van der Waals surface area contributed by atoms with Crippen molar-refractivity contribution in [2.75, 3.05) is 25.2 Å². The van der Waals surface area contributed by atoms with E-state index in [2.05, 4.69) is 12.1 Å². The van der Waals surface area contributed by atoms with Crippen LogP contribution < -0.4 is 0 Å². The molecule has 0 spiro atoms. The van der Waals surface area contributed by atoms with E-state index in [-0.39, 0.29) is 18.1 Å². The first-order valence-electron chi connectivity index (χ1n) is 7.95. The van der Waals surface area contributed by atoms with Gasteiger partial charge in [-0.25, -0.2) is 0 Å². The van der Waals surface area contributed by atoms with Gasteiger partial charge in [-0.15, -0.1) is 0 Å². The van der Waals surface area contributed by atoms with Crippen LogP contribution in [0.4, 0.5) is 0 Å². The zero-order valence-corrected chi connectivity index (χ0v) is 13.8. The summed E-state index contributed by atoms with van der Waals surface area (Å²) in [4.78, 5) is 14.4. The summed E-state index contributed by atoms with van der Waals surface area (Å²) >= 11 is 0. The standard InChI is InChI=1S/C17H23NO3S/c1-18(14-7-10-22(20)11-8-14)17(19)12-16-15-5-3-2-4-13(15)6-9-21-16/h2-5,14,16H,6-12H2,1H3. The van der Waals surface area contributed by atoms with Crippen molar-refractivity contribution in [2.24, 2.45) is 0 Å². The molecule has 2 heterocycles. The second-order valence-electron chi connectivity index (χ2n) is 6.10. The fourth-order valence-corrected chi connectivity index (χ4v) is 4.59. The van der Waals surface area contributed by atoms with Gasteiger partial charge in [-0.3, -0.25) is 9.00 Å². The van der Waals surface area contributed by atoms with Crippen molar-refractivity contribution in [3.05, 3.63) is 35.4 Å². The number of nitrogens with zero attached hydrogens (tertiary/aromatic N) is 1. The predicted molar refractivity (Wildman–Crippen MR) is 87.1 cm³/mol. The summed E-state index contributed by atoms with van der Waals surface area (Å²) in [6.07, 6.45) is 2.88. The maximum absolute atomic E-state index is 12.6. The molecule has 1 atom stereocenters. The summed E-state index contributed by atoms with van der Waals surface area (Å²) in [6.45, 7) is 0.682. The normalized spacial score (nSPS) is 28.0. The van der Waals surface area contributed by atoms with Gasteiger partial charge in [-0.05, 0) is 30.4 Å². The van der Waals surface area contributed by atoms with Crippen LogP contribution >= 0.6 is 0 Å². The van der Waals surface area contributed by atoms with Crippen LogP contribution in [-0.2, 0) is 26.8 Å². The Kier molecular flexibility index (Phi) is 4.93. The number of carbonyl (C=O) groups excluding carboxylic acids is 1. The van der Waals surface area contributed by atoms with Gasteiger partial charge in [0.1, 0.15) is 0 Å². The molecule has 1 aromatic carbocycles. The van der Waals surface area contributed by atoms with E-state index in [4.69, 9.17) is 4.74 Å². The minimum Gasteiger partial charge on any atom is -0.373 e. The molecule has 1 saturated heterocycles. The summed E-state index contributed by atoms with van der Waals surface area (Å²) in [5.41, 5.74) is 2.45. The smallest absolute Gasteiger partial charge is 0.225 e. The van der Waals surface area contributed by atoms with Crippen LogP contribution in [0.1, 0.15) is 36.5 Å². The van der Waals surface area contributed by atoms with E-state index in [1.165, 1.54) is 5.56 Å². The molecule has 0 bridgehead atoms. The van der Waals surface area contributed by atoms with E-state index in [9.17, 15) is 9.00 Å². The van der Waals surface area contributed by atoms with Crippen molar-refractivity contribution in [2.45, 2.75) is 37.8 Å². The monoisotopic (exact) mass is 321 g/mol. The Hall–Kier alpha value is -1.20. The lowest BCUT2D eigenvalue weighted by atomic mass is 9.95. The molecule has 0 aromatic heterocycles. The Balaban J connectivity index is 1.63. The van der Waals surface area contributed by atoms with Gasteiger partial charge in [0.05, 0.1) is 19.1 Å². The molecule has 22 heavy (non-hydrogen) atoms. The second kappa shape index (κ2) is 6.92. The quantitative estimate of drug-likeness (QED) is 0.856. The van der Waals surface area contributed by atoms with Crippen molar-refractivity contribution in [1.29, 1.82) is 0 Å². The van der Waals surface area contributed by atoms with Gasteiger partial charge in [-0.1, -0.05) is 24.3 Å². The van der Waals surface area contributed by atoms with Crippen molar-refractivity contribution in [3.8, 4) is 0 Å². The van der Waals surface area contributed by atoms with Crippen LogP contribution in [-0.4, -0.2) is 46.2 Å². The largest absolute Gasteiger partial charge is 0.373 e. The van der Waals surface area contributed by atoms with Gasteiger partial charge in [0.15, 0.2) is 0 Å². The van der Waals surface area contributed by atoms with E-state index in [1.54, 1.807) is 0 Å². The van der Waals surface area contributed by atoms with Crippen LogP contribution in [0.2, 0.25) is 0 Å². The Morgan fingerprint density at radius 1 is 1.32 bits per heavy atom. The molecular weight excluding hydrogens is 298 g/mol. The average Bonchev–Trinajstić information content (AvgIpc) is 2.55. The number of fused-ring (bicyclic) bond motifs is 1. The average molecular weight is 321 g/mol. The highest BCUT2D eigenvalue weighted by Gasteiger charge is 2.28. The molecule has 1 unspecified atom stereocenters. The van der Waals surface area contributed by atoms with Crippen LogP contribution in [0.25, 0.3) is 0 Å². The SMILES string of the molecule is CN(C(=O)CC1OCCc2ccccc21)C1CCS(=O)CC1. The Bertz CT molecular complexity index is 565. The van der Waals surface area contributed by atoms with Gasteiger partial charge in [-0.2, -0.15) is 0 Å². The Morgan fingerprint density at radius 2 is 2.05 bits per heavy atom. The summed E-state index contributed by atoms with van der Waals surface area (Å²) in [5.74, 6) is 1.55. The maximum atomic E-state index is 12.6. The number of amides is 1. The van der Waals surface area contributed by atoms with Crippen molar-refractivity contribution in [1.82, 2.24) is 4.90 Å². The summed E-state index contributed by atoms with van der Waals surface area (Å²) in [5, 5.41) is 0. The van der Waals surface area contributed by atoms with E-state index in [1.807, 2.05) is 24.1 Å². The first-order chi connectivity index (χ1) is 10.6. The lowest BCUT2D eigenvalue weighted by Crippen LogP contribution is -2.42. The molecule has 120 valence electrons. The number of hydrogen-bond donors (Lipinski definition) is 0. The van der Waals surface area contributed by atoms with Crippen molar-refractivity contribution < 1.29 is 13.7 Å². The molecule has 1 aromatic rings. The van der Waals surface area contributed by atoms with Gasteiger partial charge in [0.2, 0.25) is 5.91 Å². The molecule has 0 aliphatic carbocycles. The lowest BCUT2D eigenvalue weighted by molar-refractivity contribution is -0.135. The molecule has 1 fully saturated rings. The predicted octanol–water partition coefficient (Wildman–Crippen LogP) is 2.06. The molecule has 5 heteroatoms. The van der Waals surface area contributed by atoms with Gasteiger partial charge in [0.25, 0.3) is 0 Å². The van der Waals surface area contributed by atoms with E-state index in [0.29, 0.717) is 24.5 Å². The van der Waals surface area contributed by atoms with Gasteiger partial charge in [0, 0.05) is 35.4 Å². The summed E-state index contributed by atoms with van der Waals surface area (Å²) in [6, 6.07) is 8.46. The number of benzene rings is 1. The van der Waals surface area contributed by atoms with Crippen LogP contribution in [0.15, 0.2) is 24.3 Å². The minimum atomic E-state index is -0.689. The number of ether oxygens (including phenoxy) is 1. The zero-order chi connectivity index (χ0) is 15.5. The number of rotatable bonds is 3.